The number of nitrogens with one attached hydrogen (secondary N) is 1. The molecular weight excluding hydrogens is 398 g/mol. The lowest BCUT2D eigenvalue weighted by Crippen LogP contribution is -2.42. The van der Waals surface area contributed by atoms with Crippen LogP contribution in [0.25, 0.3) is 0 Å². The maximum absolute atomic E-state index is 13.7. The zero-order valence-corrected chi connectivity index (χ0v) is 18.2. The highest BCUT2D eigenvalue weighted by atomic mass is 16.4. The molecular formula is C28H27NO3. The highest BCUT2D eigenvalue weighted by molar-refractivity contribution is 5.97. The van der Waals surface area contributed by atoms with E-state index in [0.717, 1.165) is 27.9 Å². The van der Waals surface area contributed by atoms with Gasteiger partial charge in [0.15, 0.2) is 0 Å². The van der Waals surface area contributed by atoms with Gasteiger partial charge >= 0.3 is 5.97 Å². The van der Waals surface area contributed by atoms with E-state index < -0.39 is 17.8 Å². The van der Waals surface area contributed by atoms with Crippen molar-refractivity contribution in [2.45, 2.75) is 25.7 Å². The number of carbonyl (C=O) groups excluding carboxylic acids is 1. The molecule has 0 radical (unpaired) electrons. The Morgan fingerprint density at radius 2 is 1.25 bits per heavy atom. The fourth-order valence-electron chi connectivity index (χ4n) is 4.65. The Morgan fingerprint density at radius 1 is 0.719 bits per heavy atom. The Morgan fingerprint density at radius 3 is 1.78 bits per heavy atom. The molecule has 1 amide bonds. The number of amides is 1. The van der Waals surface area contributed by atoms with Crippen molar-refractivity contribution in [3.63, 3.8) is 0 Å². The van der Waals surface area contributed by atoms with E-state index in [0.29, 0.717) is 0 Å². The zero-order chi connectivity index (χ0) is 22.7. The minimum atomic E-state index is -0.967. The number of aryl methyl sites for hydroxylation is 1. The number of rotatable bonds is 5. The van der Waals surface area contributed by atoms with Gasteiger partial charge in [-0.15, -0.1) is 0 Å². The van der Waals surface area contributed by atoms with Crippen molar-refractivity contribution < 1.29 is 14.7 Å². The molecule has 0 heterocycles. The van der Waals surface area contributed by atoms with Crippen LogP contribution in [0.1, 0.15) is 34.1 Å². The van der Waals surface area contributed by atoms with Gasteiger partial charge in [0.2, 0.25) is 5.91 Å². The predicted molar refractivity (Wildman–Crippen MR) is 127 cm³/mol. The van der Waals surface area contributed by atoms with Crippen LogP contribution in [-0.4, -0.2) is 17.0 Å². The van der Waals surface area contributed by atoms with Crippen molar-refractivity contribution in [3.8, 4) is 0 Å². The first kappa shape index (κ1) is 21.6. The van der Waals surface area contributed by atoms with Crippen LogP contribution in [-0.2, 0) is 9.59 Å². The molecule has 3 aromatic carbocycles. The van der Waals surface area contributed by atoms with E-state index in [1.165, 1.54) is 0 Å². The Kier molecular flexibility index (Phi) is 6.22. The molecule has 4 heteroatoms. The standard InChI is InChI=1S/C28H27NO3/c1-18-10-9-15-24(19(18)2)29-27(30)25-22(20-11-5-3-6-12-20)16-17-23(26(25)28(31)32)21-13-7-4-8-14-21/h3-17,22-23,25-26H,1-2H3,(H,29,30)(H,31,32)/t22-,23-,25+,26+/m0/s1. The molecule has 0 bridgehead atoms. The highest BCUT2D eigenvalue weighted by Gasteiger charge is 2.46. The van der Waals surface area contributed by atoms with Gasteiger partial charge in [0, 0.05) is 17.5 Å². The van der Waals surface area contributed by atoms with Crippen LogP contribution in [0.5, 0.6) is 0 Å². The molecule has 2 N–H and O–H groups in total. The lowest BCUT2D eigenvalue weighted by Gasteiger charge is -2.37. The number of allylic oxidation sites excluding steroid dienone is 2. The third kappa shape index (κ3) is 4.22. The van der Waals surface area contributed by atoms with E-state index in [2.05, 4.69) is 5.32 Å². The van der Waals surface area contributed by atoms with E-state index >= 15 is 0 Å². The monoisotopic (exact) mass is 425 g/mol. The third-order valence-electron chi connectivity index (χ3n) is 6.51. The molecule has 0 fully saturated rings. The van der Waals surface area contributed by atoms with E-state index in [1.807, 2.05) is 105 Å². The normalized spacial score (nSPS) is 22.3. The first-order valence-electron chi connectivity index (χ1n) is 10.9. The largest absolute Gasteiger partial charge is 0.481 e. The number of hydrogen-bond donors (Lipinski definition) is 2. The molecule has 4 rings (SSSR count). The Balaban J connectivity index is 1.79. The summed E-state index contributed by atoms with van der Waals surface area (Å²) >= 11 is 0. The maximum Gasteiger partial charge on any atom is 0.308 e. The fraction of sp³-hybridized carbons (Fsp3) is 0.214. The molecule has 32 heavy (non-hydrogen) atoms. The molecule has 1 aliphatic rings. The summed E-state index contributed by atoms with van der Waals surface area (Å²) < 4.78 is 0. The molecule has 162 valence electrons. The van der Waals surface area contributed by atoms with Gasteiger partial charge in [-0.05, 0) is 42.2 Å². The number of benzene rings is 3. The molecule has 3 aromatic rings. The van der Waals surface area contributed by atoms with Crippen LogP contribution < -0.4 is 5.32 Å². The van der Waals surface area contributed by atoms with Crippen molar-refractivity contribution in [2.75, 3.05) is 5.32 Å². The minimum absolute atomic E-state index is 0.273. The second-order valence-corrected chi connectivity index (χ2v) is 8.38. The summed E-state index contributed by atoms with van der Waals surface area (Å²) in [6.45, 7) is 3.95. The number of carboxylic acids is 1. The lowest BCUT2D eigenvalue weighted by atomic mass is 9.66. The SMILES string of the molecule is Cc1cccc(NC(=O)[C@H]2[C@H](C(=O)O)[C@H](c3ccccc3)C=C[C@H]2c2ccccc2)c1C. The smallest absolute Gasteiger partial charge is 0.308 e. The molecule has 0 saturated carbocycles. The molecule has 0 aliphatic heterocycles. The van der Waals surface area contributed by atoms with Crippen molar-refractivity contribution in [1.29, 1.82) is 0 Å². The summed E-state index contributed by atoms with van der Waals surface area (Å²) in [4.78, 5) is 26.3. The average molecular weight is 426 g/mol. The van der Waals surface area contributed by atoms with Crippen LogP contribution in [0.4, 0.5) is 5.69 Å². The van der Waals surface area contributed by atoms with Gasteiger partial charge in [0.25, 0.3) is 0 Å². The molecule has 0 aromatic heterocycles. The number of anilines is 1. The van der Waals surface area contributed by atoms with Crippen molar-refractivity contribution in [1.82, 2.24) is 0 Å². The summed E-state index contributed by atoms with van der Waals surface area (Å²) in [6.07, 6.45) is 3.95. The predicted octanol–water partition coefficient (Wildman–Crippen LogP) is 5.70. The third-order valence-corrected chi connectivity index (χ3v) is 6.51. The summed E-state index contributed by atoms with van der Waals surface area (Å²) in [6, 6.07) is 25.0. The van der Waals surface area contributed by atoms with Crippen LogP contribution in [0.3, 0.4) is 0 Å². The average Bonchev–Trinajstić information content (AvgIpc) is 2.82. The number of carbonyl (C=O) groups is 2. The molecule has 4 nitrogen and oxygen atoms in total. The van der Waals surface area contributed by atoms with Crippen molar-refractivity contribution in [2.24, 2.45) is 11.8 Å². The number of carboxylic acid groups (broad SMARTS) is 1. The summed E-state index contributed by atoms with van der Waals surface area (Å²) in [5, 5.41) is 13.3. The van der Waals surface area contributed by atoms with Crippen molar-refractivity contribution in [3.05, 3.63) is 113 Å². The Labute approximate surface area is 188 Å². The van der Waals surface area contributed by atoms with Gasteiger partial charge in [0.1, 0.15) is 0 Å². The van der Waals surface area contributed by atoms with E-state index in [1.54, 1.807) is 0 Å². The molecule has 0 spiro atoms. The van der Waals surface area contributed by atoms with Crippen LogP contribution in [0.15, 0.2) is 91.0 Å². The first-order valence-corrected chi connectivity index (χ1v) is 10.9. The molecule has 0 saturated heterocycles. The highest BCUT2D eigenvalue weighted by Crippen LogP contribution is 2.45. The lowest BCUT2D eigenvalue weighted by molar-refractivity contribution is -0.147. The minimum Gasteiger partial charge on any atom is -0.481 e. The number of hydrogen-bond acceptors (Lipinski definition) is 2. The van der Waals surface area contributed by atoms with E-state index in [9.17, 15) is 14.7 Å². The summed E-state index contributed by atoms with van der Waals surface area (Å²) in [5.41, 5.74) is 4.60. The second-order valence-electron chi connectivity index (χ2n) is 8.38. The number of aliphatic carboxylic acids is 1. The maximum atomic E-state index is 13.7. The van der Waals surface area contributed by atoms with E-state index in [4.69, 9.17) is 0 Å². The fourth-order valence-corrected chi connectivity index (χ4v) is 4.65. The second kappa shape index (κ2) is 9.23. The van der Waals surface area contributed by atoms with Crippen LogP contribution in [0, 0.1) is 25.7 Å². The zero-order valence-electron chi connectivity index (χ0n) is 18.2. The van der Waals surface area contributed by atoms with Gasteiger partial charge in [-0.25, -0.2) is 0 Å². The molecule has 0 unspecified atom stereocenters. The van der Waals surface area contributed by atoms with Crippen LogP contribution in [0.2, 0.25) is 0 Å². The summed E-state index contributed by atoms with van der Waals surface area (Å²) in [5.74, 6) is -3.61. The van der Waals surface area contributed by atoms with Crippen molar-refractivity contribution >= 4 is 17.6 Å². The Hall–Kier alpha value is -3.66. The quantitative estimate of drug-likeness (QED) is 0.516. The topological polar surface area (TPSA) is 66.4 Å². The Bertz CT molecular complexity index is 1140. The van der Waals surface area contributed by atoms with Gasteiger partial charge in [-0.3, -0.25) is 9.59 Å². The first-order chi connectivity index (χ1) is 15.5. The van der Waals surface area contributed by atoms with Crippen LogP contribution >= 0.6 is 0 Å². The molecule has 1 aliphatic carbocycles. The molecule has 4 atom stereocenters. The van der Waals surface area contributed by atoms with Gasteiger partial charge in [-0.1, -0.05) is 84.9 Å². The van der Waals surface area contributed by atoms with Gasteiger partial charge in [-0.2, -0.15) is 0 Å². The van der Waals surface area contributed by atoms with Gasteiger partial charge < -0.3 is 10.4 Å². The van der Waals surface area contributed by atoms with Gasteiger partial charge in [0.05, 0.1) is 11.8 Å². The summed E-state index contributed by atoms with van der Waals surface area (Å²) in [7, 11) is 0. The van der Waals surface area contributed by atoms with E-state index in [-0.39, 0.29) is 17.7 Å².